The summed E-state index contributed by atoms with van der Waals surface area (Å²) in [5.41, 5.74) is 0.960. The van der Waals surface area contributed by atoms with E-state index in [4.69, 9.17) is 9.47 Å². The minimum absolute atomic E-state index is 0.156. The first-order valence-electron chi connectivity index (χ1n) is 9.26. The molecule has 8 heteroatoms. The second-order valence-corrected chi connectivity index (χ2v) is 6.04. The molecule has 2 aromatic rings. The normalized spacial score (nSPS) is 10.0. The zero-order chi connectivity index (χ0) is 21.1. The predicted octanol–water partition coefficient (Wildman–Crippen LogP) is 1.97. The van der Waals surface area contributed by atoms with Crippen LogP contribution in [0.15, 0.2) is 48.5 Å². The van der Waals surface area contributed by atoms with Crippen LogP contribution in [0.2, 0.25) is 0 Å². The van der Waals surface area contributed by atoms with Gasteiger partial charge < -0.3 is 25.4 Å². The number of para-hydroxylation sites is 2. The van der Waals surface area contributed by atoms with E-state index in [0.717, 1.165) is 0 Å². The lowest BCUT2D eigenvalue weighted by molar-refractivity contribution is -0.123. The molecule has 0 aliphatic rings. The summed E-state index contributed by atoms with van der Waals surface area (Å²) in [6.07, 6.45) is 0. The Kier molecular flexibility index (Phi) is 8.50. The van der Waals surface area contributed by atoms with E-state index in [1.165, 1.54) is 6.92 Å². The van der Waals surface area contributed by atoms with Gasteiger partial charge in [0, 0.05) is 31.3 Å². The zero-order valence-corrected chi connectivity index (χ0v) is 16.5. The highest BCUT2D eigenvalue weighted by atomic mass is 16.5. The number of hydrogen-bond donors (Lipinski definition) is 3. The maximum atomic E-state index is 12.2. The van der Waals surface area contributed by atoms with Crippen LogP contribution in [0.5, 0.6) is 11.5 Å². The van der Waals surface area contributed by atoms with E-state index in [9.17, 15) is 14.4 Å². The third-order valence-electron chi connectivity index (χ3n) is 3.69. The average molecular weight is 399 g/mol. The first-order chi connectivity index (χ1) is 14.0. The molecule has 0 aliphatic carbocycles. The first-order valence-corrected chi connectivity index (χ1v) is 9.26. The Morgan fingerprint density at radius 3 is 2.28 bits per heavy atom. The van der Waals surface area contributed by atoms with Gasteiger partial charge in [0.2, 0.25) is 5.91 Å². The molecule has 154 valence electrons. The van der Waals surface area contributed by atoms with Crippen LogP contribution in [-0.2, 0) is 9.59 Å². The van der Waals surface area contributed by atoms with E-state index < -0.39 is 0 Å². The molecule has 0 atom stereocenters. The lowest BCUT2D eigenvalue weighted by Gasteiger charge is -2.12. The van der Waals surface area contributed by atoms with Crippen LogP contribution < -0.4 is 25.4 Å². The van der Waals surface area contributed by atoms with E-state index in [0.29, 0.717) is 29.4 Å². The molecule has 8 nitrogen and oxygen atoms in total. The van der Waals surface area contributed by atoms with E-state index in [-0.39, 0.29) is 37.4 Å². The zero-order valence-electron chi connectivity index (χ0n) is 16.5. The molecule has 0 aromatic heterocycles. The molecule has 0 radical (unpaired) electrons. The van der Waals surface area contributed by atoms with Crippen molar-refractivity contribution in [2.75, 3.05) is 31.6 Å². The SMILES string of the molecule is CCOc1ccccc1OCC(=O)NCCNC(=O)c1cccc(NC(C)=O)c1. The molecular formula is C21H25N3O5. The van der Waals surface area contributed by atoms with E-state index in [2.05, 4.69) is 16.0 Å². The summed E-state index contributed by atoms with van der Waals surface area (Å²) in [6, 6.07) is 13.7. The molecule has 3 N–H and O–H groups in total. The van der Waals surface area contributed by atoms with Gasteiger partial charge in [-0.25, -0.2) is 0 Å². The highest BCUT2D eigenvalue weighted by Crippen LogP contribution is 2.26. The topological polar surface area (TPSA) is 106 Å². The Hall–Kier alpha value is -3.55. The van der Waals surface area contributed by atoms with Crippen molar-refractivity contribution in [3.05, 3.63) is 54.1 Å². The fraction of sp³-hybridized carbons (Fsp3) is 0.286. The molecule has 3 amide bonds. The number of ether oxygens (including phenoxy) is 2. The lowest BCUT2D eigenvalue weighted by Crippen LogP contribution is -2.36. The molecule has 0 unspecified atom stereocenters. The molecule has 0 heterocycles. The van der Waals surface area contributed by atoms with Gasteiger partial charge >= 0.3 is 0 Å². The summed E-state index contributed by atoms with van der Waals surface area (Å²) in [5.74, 6) is 0.260. The van der Waals surface area contributed by atoms with Gasteiger partial charge in [0.15, 0.2) is 18.1 Å². The summed E-state index contributed by atoms with van der Waals surface area (Å²) in [5, 5.41) is 8.00. The van der Waals surface area contributed by atoms with Crippen LogP contribution >= 0.6 is 0 Å². The van der Waals surface area contributed by atoms with Crippen molar-refractivity contribution in [3.8, 4) is 11.5 Å². The molecule has 0 aliphatic heterocycles. The third kappa shape index (κ3) is 7.53. The number of carbonyl (C=O) groups is 3. The second-order valence-electron chi connectivity index (χ2n) is 6.04. The highest BCUT2D eigenvalue weighted by Gasteiger charge is 2.09. The van der Waals surface area contributed by atoms with Crippen molar-refractivity contribution in [3.63, 3.8) is 0 Å². The van der Waals surface area contributed by atoms with Crippen LogP contribution in [0.25, 0.3) is 0 Å². The van der Waals surface area contributed by atoms with Crippen molar-refractivity contribution in [1.82, 2.24) is 10.6 Å². The number of rotatable bonds is 10. The van der Waals surface area contributed by atoms with E-state index >= 15 is 0 Å². The monoisotopic (exact) mass is 399 g/mol. The quantitative estimate of drug-likeness (QED) is 0.530. The molecule has 2 aromatic carbocycles. The maximum Gasteiger partial charge on any atom is 0.258 e. The van der Waals surface area contributed by atoms with Gasteiger partial charge in [-0.1, -0.05) is 18.2 Å². The largest absolute Gasteiger partial charge is 0.490 e. The van der Waals surface area contributed by atoms with Crippen molar-refractivity contribution < 1.29 is 23.9 Å². The van der Waals surface area contributed by atoms with Crippen LogP contribution in [0.3, 0.4) is 0 Å². The summed E-state index contributed by atoms with van der Waals surface area (Å²) in [4.78, 5) is 35.2. The van der Waals surface area contributed by atoms with Gasteiger partial charge in [-0.15, -0.1) is 0 Å². The van der Waals surface area contributed by atoms with Gasteiger partial charge in [0.05, 0.1) is 6.61 Å². The standard InChI is InChI=1S/C21H25N3O5/c1-3-28-18-9-4-5-10-19(18)29-14-20(26)22-11-12-23-21(27)16-7-6-8-17(13-16)24-15(2)25/h4-10,13H,3,11-12,14H2,1-2H3,(H,22,26)(H,23,27)(H,24,25). The van der Waals surface area contributed by atoms with Crippen LogP contribution in [0, 0.1) is 0 Å². The first kappa shape index (κ1) is 21.7. The molecule has 0 spiro atoms. The molecular weight excluding hydrogens is 374 g/mol. The smallest absolute Gasteiger partial charge is 0.258 e. The van der Waals surface area contributed by atoms with E-state index in [1.54, 1.807) is 42.5 Å². The van der Waals surface area contributed by atoms with Gasteiger partial charge in [0.1, 0.15) is 0 Å². The fourth-order valence-corrected chi connectivity index (χ4v) is 2.46. The average Bonchev–Trinajstić information content (AvgIpc) is 2.70. The third-order valence-corrected chi connectivity index (χ3v) is 3.69. The fourth-order valence-electron chi connectivity index (χ4n) is 2.46. The van der Waals surface area contributed by atoms with Crippen LogP contribution in [0.1, 0.15) is 24.2 Å². The molecule has 29 heavy (non-hydrogen) atoms. The minimum Gasteiger partial charge on any atom is -0.490 e. The summed E-state index contributed by atoms with van der Waals surface area (Å²) in [7, 11) is 0. The van der Waals surface area contributed by atoms with Gasteiger partial charge in [-0.05, 0) is 37.3 Å². The second kappa shape index (κ2) is 11.3. The van der Waals surface area contributed by atoms with Crippen LogP contribution in [-0.4, -0.2) is 44.0 Å². The molecule has 0 saturated carbocycles. The minimum atomic E-state index is -0.307. The number of anilines is 1. The van der Waals surface area contributed by atoms with Crippen LogP contribution in [0.4, 0.5) is 5.69 Å². The molecule has 2 rings (SSSR count). The Morgan fingerprint density at radius 1 is 0.897 bits per heavy atom. The lowest BCUT2D eigenvalue weighted by atomic mass is 10.2. The maximum absolute atomic E-state index is 12.2. The molecule has 0 bridgehead atoms. The summed E-state index contributed by atoms with van der Waals surface area (Å²) >= 11 is 0. The number of carbonyl (C=O) groups excluding carboxylic acids is 3. The Labute approximate surface area is 169 Å². The molecule has 0 saturated heterocycles. The Morgan fingerprint density at radius 2 is 1.59 bits per heavy atom. The van der Waals surface area contributed by atoms with Crippen molar-refractivity contribution >= 4 is 23.4 Å². The van der Waals surface area contributed by atoms with Gasteiger partial charge in [-0.2, -0.15) is 0 Å². The number of nitrogens with one attached hydrogen (secondary N) is 3. The summed E-state index contributed by atoms with van der Waals surface area (Å²) in [6.45, 7) is 4.12. The van der Waals surface area contributed by atoms with Crippen molar-refractivity contribution in [1.29, 1.82) is 0 Å². The Bertz CT molecular complexity index is 854. The Balaban J connectivity index is 1.71. The highest BCUT2D eigenvalue weighted by molar-refractivity contribution is 5.96. The summed E-state index contributed by atoms with van der Waals surface area (Å²) < 4.78 is 10.9. The van der Waals surface area contributed by atoms with Crippen molar-refractivity contribution in [2.45, 2.75) is 13.8 Å². The number of hydrogen-bond acceptors (Lipinski definition) is 5. The van der Waals surface area contributed by atoms with Gasteiger partial charge in [-0.3, -0.25) is 14.4 Å². The number of benzene rings is 2. The predicted molar refractivity (Wildman–Crippen MR) is 109 cm³/mol. The molecule has 0 fully saturated rings. The van der Waals surface area contributed by atoms with Crippen molar-refractivity contribution in [2.24, 2.45) is 0 Å². The number of amides is 3. The van der Waals surface area contributed by atoms with E-state index in [1.807, 2.05) is 13.0 Å². The van der Waals surface area contributed by atoms with Gasteiger partial charge in [0.25, 0.3) is 11.8 Å².